The van der Waals surface area contributed by atoms with Crippen molar-refractivity contribution < 1.29 is 23.8 Å². The van der Waals surface area contributed by atoms with Crippen molar-refractivity contribution in [1.82, 2.24) is 4.90 Å². The Balaban J connectivity index is 1.73. The van der Waals surface area contributed by atoms with Crippen LogP contribution in [0.5, 0.6) is 17.2 Å². The number of carbonyl (C=O) groups is 2. The Bertz CT molecular complexity index is 1050. The smallest absolute Gasteiger partial charge is 0.266 e. The highest BCUT2D eigenvalue weighted by molar-refractivity contribution is 8.26. The molecule has 0 spiro atoms. The first-order valence-electron chi connectivity index (χ1n) is 9.90. The van der Waals surface area contributed by atoms with Crippen LogP contribution in [0.25, 0.3) is 6.08 Å². The quantitative estimate of drug-likeness (QED) is 0.453. The number of rotatable bonds is 8. The maximum atomic E-state index is 13.0. The summed E-state index contributed by atoms with van der Waals surface area (Å²) in [5.41, 5.74) is 1.37. The maximum Gasteiger partial charge on any atom is 0.266 e. The molecule has 32 heavy (non-hydrogen) atoms. The lowest BCUT2D eigenvalue weighted by molar-refractivity contribution is -0.129. The van der Waals surface area contributed by atoms with Crippen LogP contribution < -0.4 is 19.5 Å². The van der Waals surface area contributed by atoms with Gasteiger partial charge in [-0.3, -0.25) is 14.5 Å². The van der Waals surface area contributed by atoms with Gasteiger partial charge in [-0.15, -0.1) is 0 Å². The molecule has 0 saturated carbocycles. The number of amides is 2. The second-order valence-electron chi connectivity index (χ2n) is 6.79. The highest BCUT2D eigenvalue weighted by Gasteiger charge is 2.38. The molecule has 0 radical (unpaired) electrons. The van der Waals surface area contributed by atoms with Gasteiger partial charge in [0.2, 0.25) is 5.91 Å². The molecule has 0 aromatic heterocycles. The minimum atomic E-state index is -0.773. The summed E-state index contributed by atoms with van der Waals surface area (Å²) >= 11 is 6.55. The summed E-state index contributed by atoms with van der Waals surface area (Å²) in [6.45, 7) is 4.11. The molecule has 2 aromatic carbocycles. The van der Waals surface area contributed by atoms with E-state index in [1.807, 2.05) is 13.0 Å². The molecule has 1 saturated heterocycles. The first-order chi connectivity index (χ1) is 15.4. The van der Waals surface area contributed by atoms with E-state index in [1.54, 1.807) is 63.6 Å². The maximum absolute atomic E-state index is 13.0. The standard InChI is InChI=1S/C23H24N2O5S2/c1-5-30-17-9-7-16(8-10-17)24-21(26)14(2)25-22(27)20(32-23(25)31)13-15-6-11-18(28-3)19(12-15)29-4/h6-14H,5H2,1-4H3,(H,24,26)/b20-13-. The first kappa shape index (κ1) is 23.6. The van der Waals surface area contributed by atoms with Crippen LogP contribution in [0, 0.1) is 0 Å². The monoisotopic (exact) mass is 472 g/mol. The lowest BCUT2D eigenvalue weighted by atomic mass is 10.1. The fourth-order valence-corrected chi connectivity index (χ4v) is 4.49. The molecule has 1 atom stereocenters. The minimum Gasteiger partial charge on any atom is -0.494 e. The second kappa shape index (κ2) is 10.5. The number of nitrogens with zero attached hydrogens (tertiary/aromatic N) is 1. The molecule has 1 aliphatic rings. The van der Waals surface area contributed by atoms with Crippen molar-refractivity contribution in [2.75, 3.05) is 26.1 Å². The van der Waals surface area contributed by atoms with E-state index < -0.39 is 6.04 Å². The molecule has 9 heteroatoms. The van der Waals surface area contributed by atoms with Crippen LogP contribution in [0.2, 0.25) is 0 Å². The largest absolute Gasteiger partial charge is 0.494 e. The zero-order chi connectivity index (χ0) is 23.3. The van der Waals surface area contributed by atoms with Crippen LogP contribution in [-0.2, 0) is 9.59 Å². The summed E-state index contributed by atoms with van der Waals surface area (Å²) in [4.78, 5) is 27.5. The summed E-state index contributed by atoms with van der Waals surface area (Å²) in [5.74, 6) is 1.22. The number of thiocarbonyl (C=S) groups is 1. The Morgan fingerprint density at radius 1 is 1.16 bits per heavy atom. The van der Waals surface area contributed by atoms with Crippen LogP contribution >= 0.6 is 24.0 Å². The van der Waals surface area contributed by atoms with Crippen LogP contribution in [0.1, 0.15) is 19.4 Å². The van der Waals surface area contributed by atoms with Gasteiger partial charge >= 0.3 is 0 Å². The lowest BCUT2D eigenvalue weighted by Crippen LogP contribution is -2.44. The van der Waals surface area contributed by atoms with E-state index >= 15 is 0 Å². The van der Waals surface area contributed by atoms with Gasteiger partial charge in [-0.1, -0.05) is 30.0 Å². The molecule has 0 bridgehead atoms. The fourth-order valence-electron chi connectivity index (χ4n) is 3.07. The van der Waals surface area contributed by atoms with E-state index in [2.05, 4.69) is 5.32 Å². The van der Waals surface area contributed by atoms with Crippen LogP contribution in [0.3, 0.4) is 0 Å². The van der Waals surface area contributed by atoms with Gasteiger partial charge in [-0.25, -0.2) is 0 Å². The summed E-state index contributed by atoms with van der Waals surface area (Å²) in [6.07, 6.45) is 1.72. The van der Waals surface area contributed by atoms with Gasteiger partial charge in [0.1, 0.15) is 16.1 Å². The van der Waals surface area contributed by atoms with E-state index in [0.29, 0.717) is 33.0 Å². The van der Waals surface area contributed by atoms with Crippen LogP contribution in [-0.4, -0.2) is 47.9 Å². The van der Waals surface area contributed by atoms with Crippen molar-refractivity contribution in [2.24, 2.45) is 0 Å². The van der Waals surface area contributed by atoms with Crippen molar-refractivity contribution in [1.29, 1.82) is 0 Å². The van der Waals surface area contributed by atoms with Gasteiger partial charge in [-0.05, 0) is 61.9 Å². The predicted molar refractivity (Wildman–Crippen MR) is 130 cm³/mol. The van der Waals surface area contributed by atoms with Crippen molar-refractivity contribution in [2.45, 2.75) is 19.9 Å². The number of carbonyl (C=O) groups excluding carboxylic acids is 2. The number of benzene rings is 2. The number of hydrogen-bond donors (Lipinski definition) is 1. The summed E-state index contributed by atoms with van der Waals surface area (Å²) in [6, 6.07) is 11.6. The Labute approximate surface area is 196 Å². The average molecular weight is 473 g/mol. The van der Waals surface area contributed by atoms with E-state index in [9.17, 15) is 9.59 Å². The second-order valence-corrected chi connectivity index (χ2v) is 8.46. The number of ether oxygens (including phenoxy) is 3. The fraction of sp³-hybridized carbons (Fsp3) is 0.261. The van der Waals surface area contributed by atoms with Gasteiger partial charge in [0, 0.05) is 5.69 Å². The van der Waals surface area contributed by atoms with Gasteiger partial charge in [-0.2, -0.15) is 0 Å². The topological polar surface area (TPSA) is 77.1 Å². The molecule has 1 N–H and O–H groups in total. The van der Waals surface area contributed by atoms with Gasteiger partial charge in [0.05, 0.1) is 25.7 Å². The SMILES string of the molecule is CCOc1ccc(NC(=O)C(C)N2C(=O)/C(=C/c3ccc(OC)c(OC)c3)SC2=S)cc1. The number of nitrogens with one attached hydrogen (secondary N) is 1. The van der Waals surface area contributed by atoms with E-state index in [-0.39, 0.29) is 11.8 Å². The highest BCUT2D eigenvalue weighted by atomic mass is 32.2. The normalized spacial score (nSPS) is 15.6. The molecule has 168 valence electrons. The van der Waals surface area contributed by atoms with E-state index in [0.717, 1.165) is 23.1 Å². The third-order valence-electron chi connectivity index (χ3n) is 4.73. The Kier molecular flexibility index (Phi) is 7.76. The molecule has 3 rings (SSSR count). The molecule has 7 nitrogen and oxygen atoms in total. The molecule has 0 aliphatic carbocycles. The summed E-state index contributed by atoms with van der Waals surface area (Å²) in [7, 11) is 3.11. The van der Waals surface area contributed by atoms with Crippen molar-refractivity contribution in [3.8, 4) is 17.2 Å². The zero-order valence-corrected chi connectivity index (χ0v) is 19.8. The third kappa shape index (κ3) is 5.23. The highest BCUT2D eigenvalue weighted by Crippen LogP contribution is 2.35. The van der Waals surface area contributed by atoms with Gasteiger partial charge in [0.25, 0.3) is 5.91 Å². The number of methoxy groups -OCH3 is 2. The molecule has 1 aliphatic heterocycles. The van der Waals surface area contributed by atoms with Crippen LogP contribution in [0.4, 0.5) is 5.69 Å². The van der Waals surface area contributed by atoms with Crippen molar-refractivity contribution >= 4 is 51.9 Å². The first-order valence-corrected chi connectivity index (χ1v) is 11.1. The molecular formula is C23H24N2O5S2. The Morgan fingerprint density at radius 2 is 1.84 bits per heavy atom. The number of anilines is 1. The lowest BCUT2D eigenvalue weighted by Gasteiger charge is -2.22. The molecule has 1 heterocycles. The number of hydrogen-bond acceptors (Lipinski definition) is 7. The van der Waals surface area contributed by atoms with E-state index in [4.69, 9.17) is 26.4 Å². The van der Waals surface area contributed by atoms with Gasteiger partial charge in [0.15, 0.2) is 11.5 Å². The molecule has 2 amide bonds. The Hall–Kier alpha value is -3.04. The van der Waals surface area contributed by atoms with Crippen LogP contribution in [0.15, 0.2) is 47.4 Å². The summed E-state index contributed by atoms with van der Waals surface area (Å²) < 4.78 is 16.3. The molecular weight excluding hydrogens is 448 g/mol. The molecule has 1 fully saturated rings. The van der Waals surface area contributed by atoms with Gasteiger partial charge < -0.3 is 19.5 Å². The molecule has 1 unspecified atom stereocenters. The molecule has 2 aromatic rings. The van der Waals surface area contributed by atoms with Crippen molar-refractivity contribution in [3.05, 3.63) is 52.9 Å². The number of thioether (sulfide) groups is 1. The predicted octanol–water partition coefficient (Wildman–Crippen LogP) is 4.33. The van der Waals surface area contributed by atoms with Crippen molar-refractivity contribution in [3.63, 3.8) is 0 Å². The third-order valence-corrected chi connectivity index (χ3v) is 6.06. The minimum absolute atomic E-state index is 0.316. The average Bonchev–Trinajstić information content (AvgIpc) is 3.07. The van der Waals surface area contributed by atoms with E-state index in [1.165, 1.54) is 4.90 Å². The Morgan fingerprint density at radius 3 is 2.47 bits per heavy atom. The zero-order valence-electron chi connectivity index (χ0n) is 18.2. The summed E-state index contributed by atoms with van der Waals surface area (Å²) in [5, 5.41) is 2.81.